The van der Waals surface area contributed by atoms with Crippen molar-refractivity contribution in [2.75, 3.05) is 13.2 Å². The minimum Gasteiger partial charge on any atom is -0.484 e. The summed E-state index contributed by atoms with van der Waals surface area (Å²) in [6.07, 6.45) is 3.35. The number of likely N-dealkylation sites (tertiary alicyclic amines) is 1. The molecule has 1 aliphatic heterocycles. The quantitative estimate of drug-likeness (QED) is 0.849. The average molecular weight is 334 g/mol. The number of carbonyl (C=O) groups excluding carboxylic acids is 1. The summed E-state index contributed by atoms with van der Waals surface area (Å²) in [5, 5.41) is 8.85. The maximum atomic E-state index is 12.3. The summed E-state index contributed by atoms with van der Waals surface area (Å²) in [4.78, 5) is 14.2. The molecule has 0 aliphatic carbocycles. The van der Waals surface area contributed by atoms with Crippen molar-refractivity contribution in [3.05, 3.63) is 54.1 Å². The molecule has 128 valence electrons. The van der Waals surface area contributed by atoms with E-state index < -0.39 is 0 Å². The van der Waals surface area contributed by atoms with Gasteiger partial charge in [-0.15, -0.1) is 0 Å². The number of piperidine rings is 1. The standard InChI is InChI=1S/C21H22N2O2/c1-16-4-2-3-13-23(16)21(24)15-25-20-11-9-19(10-12-20)18-7-5-17(14-22)6-8-18/h5-12,16H,2-4,13,15H2,1H3. The lowest BCUT2D eigenvalue weighted by Gasteiger charge is -2.33. The number of ether oxygens (including phenoxy) is 1. The first-order valence-electron chi connectivity index (χ1n) is 8.70. The zero-order valence-electron chi connectivity index (χ0n) is 14.4. The number of nitriles is 1. The third kappa shape index (κ3) is 4.19. The zero-order valence-corrected chi connectivity index (χ0v) is 14.4. The van der Waals surface area contributed by atoms with Crippen molar-refractivity contribution >= 4 is 5.91 Å². The van der Waals surface area contributed by atoms with Gasteiger partial charge < -0.3 is 9.64 Å². The number of rotatable bonds is 4. The van der Waals surface area contributed by atoms with E-state index in [9.17, 15) is 4.79 Å². The van der Waals surface area contributed by atoms with Gasteiger partial charge in [-0.2, -0.15) is 5.26 Å². The first-order chi connectivity index (χ1) is 12.2. The number of hydrogen-bond acceptors (Lipinski definition) is 3. The Kier molecular flexibility index (Phi) is 5.35. The van der Waals surface area contributed by atoms with E-state index in [0.717, 1.165) is 30.5 Å². The fourth-order valence-electron chi connectivity index (χ4n) is 3.18. The molecule has 4 heteroatoms. The highest BCUT2D eigenvalue weighted by Gasteiger charge is 2.23. The van der Waals surface area contributed by atoms with Crippen molar-refractivity contribution in [2.24, 2.45) is 0 Å². The van der Waals surface area contributed by atoms with Gasteiger partial charge in [0.1, 0.15) is 5.75 Å². The monoisotopic (exact) mass is 334 g/mol. The summed E-state index contributed by atoms with van der Waals surface area (Å²) in [5.41, 5.74) is 2.74. The van der Waals surface area contributed by atoms with Crippen LogP contribution in [0.1, 0.15) is 31.7 Å². The molecule has 1 fully saturated rings. The van der Waals surface area contributed by atoms with Crippen LogP contribution < -0.4 is 4.74 Å². The molecule has 0 bridgehead atoms. The second-order valence-corrected chi connectivity index (χ2v) is 6.43. The van der Waals surface area contributed by atoms with E-state index in [1.807, 2.05) is 41.3 Å². The number of hydrogen-bond donors (Lipinski definition) is 0. The Morgan fingerprint density at radius 1 is 1.12 bits per heavy atom. The predicted octanol–water partition coefficient (Wildman–Crippen LogP) is 4.01. The largest absolute Gasteiger partial charge is 0.484 e. The summed E-state index contributed by atoms with van der Waals surface area (Å²) in [6, 6.07) is 17.6. The normalized spacial score (nSPS) is 17.0. The van der Waals surface area contributed by atoms with E-state index >= 15 is 0 Å². The van der Waals surface area contributed by atoms with E-state index in [4.69, 9.17) is 10.00 Å². The molecule has 0 saturated carbocycles. The highest BCUT2D eigenvalue weighted by Crippen LogP contribution is 2.23. The third-order valence-electron chi connectivity index (χ3n) is 4.69. The van der Waals surface area contributed by atoms with Crippen LogP contribution in [0.4, 0.5) is 0 Å². The average Bonchev–Trinajstić information content (AvgIpc) is 2.67. The van der Waals surface area contributed by atoms with Gasteiger partial charge in [-0.3, -0.25) is 4.79 Å². The Labute approximate surface area is 148 Å². The molecule has 25 heavy (non-hydrogen) atoms. The summed E-state index contributed by atoms with van der Waals surface area (Å²) < 4.78 is 5.66. The SMILES string of the molecule is CC1CCCCN1C(=O)COc1ccc(-c2ccc(C#N)cc2)cc1. The number of benzene rings is 2. The number of nitrogens with zero attached hydrogens (tertiary/aromatic N) is 2. The van der Waals surface area contributed by atoms with E-state index in [1.165, 1.54) is 6.42 Å². The molecule has 2 aromatic rings. The summed E-state index contributed by atoms with van der Waals surface area (Å²) in [7, 11) is 0. The molecule has 0 radical (unpaired) electrons. The highest BCUT2D eigenvalue weighted by atomic mass is 16.5. The summed E-state index contributed by atoms with van der Waals surface area (Å²) >= 11 is 0. The van der Waals surface area contributed by atoms with E-state index in [1.54, 1.807) is 12.1 Å². The van der Waals surface area contributed by atoms with E-state index in [-0.39, 0.29) is 12.5 Å². The minimum absolute atomic E-state index is 0.0587. The smallest absolute Gasteiger partial charge is 0.260 e. The molecule has 0 spiro atoms. The lowest BCUT2D eigenvalue weighted by Crippen LogP contribution is -2.44. The van der Waals surface area contributed by atoms with E-state index in [0.29, 0.717) is 17.4 Å². The first kappa shape index (κ1) is 17.0. The second kappa shape index (κ2) is 7.85. The van der Waals surface area contributed by atoms with Crippen LogP contribution in [-0.4, -0.2) is 30.0 Å². The maximum Gasteiger partial charge on any atom is 0.260 e. The Hall–Kier alpha value is -2.80. The van der Waals surface area contributed by atoms with Crippen LogP contribution in [0.2, 0.25) is 0 Å². The Balaban J connectivity index is 1.59. The molecule has 1 atom stereocenters. The fraction of sp³-hybridized carbons (Fsp3) is 0.333. The molecule has 1 heterocycles. The Morgan fingerprint density at radius 2 is 1.76 bits per heavy atom. The Morgan fingerprint density at radius 3 is 2.36 bits per heavy atom. The van der Waals surface area contributed by atoms with Crippen molar-refractivity contribution in [3.63, 3.8) is 0 Å². The lowest BCUT2D eigenvalue weighted by molar-refractivity contribution is -0.136. The minimum atomic E-state index is 0.0587. The van der Waals surface area contributed by atoms with Gasteiger partial charge in [0.05, 0.1) is 11.6 Å². The van der Waals surface area contributed by atoms with Crippen molar-refractivity contribution in [1.82, 2.24) is 4.90 Å². The highest BCUT2D eigenvalue weighted by molar-refractivity contribution is 5.78. The summed E-state index contributed by atoms with van der Waals surface area (Å²) in [6.45, 7) is 3.02. The maximum absolute atomic E-state index is 12.3. The van der Waals surface area contributed by atoms with Gasteiger partial charge in [0.2, 0.25) is 0 Å². The van der Waals surface area contributed by atoms with Crippen molar-refractivity contribution < 1.29 is 9.53 Å². The van der Waals surface area contributed by atoms with Crippen molar-refractivity contribution in [1.29, 1.82) is 5.26 Å². The molecule has 1 amide bonds. The lowest BCUT2D eigenvalue weighted by atomic mass is 10.0. The molecule has 0 aromatic heterocycles. The molecular formula is C21H22N2O2. The van der Waals surface area contributed by atoms with Crippen LogP contribution >= 0.6 is 0 Å². The number of carbonyl (C=O) groups is 1. The van der Waals surface area contributed by atoms with Crippen LogP contribution in [0.25, 0.3) is 11.1 Å². The molecule has 3 rings (SSSR count). The first-order valence-corrected chi connectivity index (χ1v) is 8.70. The second-order valence-electron chi connectivity index (χ2n) is 6.43. The van der Waals surface area contributed by atoms with Crippen LogP contribution in [-0.2, 0) is 4.79 Å². The van der Waals surface area contributed by atoms with Gasteiger partial charge in [0.15, 0.2) is 6.61 Å². The van der Waals surface area contributed by atoms with Crippen molar-refractivity contribution in [2.45, 2.75) is 32.2 Å². The molecule has 4 nitrogen and oxygen atoms in total. The van der Waals surface area contributed by atoms with Gasteiger partial charge >= 0.3 is 0 Å². The molecule has 1 aliphatic rings. The van der Waals surface area contributed by atoms with Crippen LogP contribution in [0.3, 0.4) is 0 Å². The molecule has 2 aromatic carbocycles. The van der Waals surface area contributed by atoms with Crippen molar-refractivity contribution in [3.8, 4) is 22.9 Å². The van der Waals surface area contributed by atoms with Crippen LogP contribution in [0.5, 0.6) is 5.75 Å². The van der Waals surface area contributed by atoms with Gasteiger partial charge in [-0.25, -0.2) is 0 Å². The van der Waals surface area contributed by atoms with Gasteiger partial charge in [-0.1, -0.05) is 24.3 Å². The van der Waals surface area contributed by atoms with Crippen LogP contribution in [0.15, 0.2) is 48.5 Å². The predicted molar refractivity (Wildman–Crippen MR) is 97.1 cm³/mol. The molecule has 1 saturated heterocycles. The fourth-order valence-corrected chi connectivity index (χ4v) is 3.18. The zero-order chi connectivity index (χ0) is 17.6. The molecule has 1 unspecified atom stereocenters. The van der Waals surface area contributed by atoms with Gasteiger partial charge in [0.25, 0.3) is 5.91 Å². The van der Waals surface area contributed by atoms with Gasteiger partial charge in [-0.05, 0) is 61.6 Å². The van der Waals surface area contributed by atoms with E-state index in [2.05, 4.69) is 13.0 Å². The van der Waals surface area contributed by atoms with Gasteiger partial charge in [0, 0.05) is 12.6 Å². The molecule has 0 N–H and O–H groups in total. The molecular weight excluding hydrogens is 312 g/mol. The number of amides is 1. The summed E-state index contributed by atoms with van der Waals surface area (Å²) in [5.74, 6) is 0.749. The third-order valence-corrected chi connectivity index (χ3v) is 4.69. The Bertz CT molecular complexity index is 760. The topological polar surface area (TPSA) is 53.3 Å². The van der Waals surface area contributed by atoms with Crippen LogP contribution in [0, 0.1) is 11.3 Å².